The van der Waals surface area contributed by atoms with E-state index in [1.54, 1.807) is 20.8 Å². The van der Waals surface area contributed by atoms with Crippen molar-refractivity contribution in [3.05, 3.63) is 0 Å². The Balaban J connectivity index is 3.09. The van der Waals surface area contributed by atoms with Gasteiger partial charge in [0.25, 0.3) is 5.91 Å². The molecule has 1 atom stereocenters. The minimum atomic E-state index is -1.09. The molecule has 3 N–H and O–H groups in total. The number of amides is 2. The number of carbonyl (C=O) groups is 2. The zero-order chi connectivity index (χ0) is 11.9. The molecule has 0 saturated carbocycles. The van der Waals surface area contributed by atoms with E-state index in [1.807, 2.05) is 6.92 Å². The summed E-state index contributed by atoms with van der Waals surface area (Å²) in [5.41, 5.74) is 4.05. The van der Waals surface area contributed by atoms with E-state index >= 15 is 0 Å². The van der Waals surface area contributed by atoms with Crippen LogP contribution in [0.4, 0.5) is 0 Å². The Hall–Kier alpha value is -1.23. The molecule has 5 heteroatoms. The smallest absolute Gasteiger partial charge is 0.262 e. The average molecular weight is 211 g/mol. The first-order valence-corrected chi connectivity index (χ1v) is 4.95. The van der Waals surface area contributed by atoms with Crippen molar-refractivity contribution in [3.63, 3.8) is 0 Å². The number of carbonyl (C=O) groups excluding carboxylic acids is 2. The maximum Gasteiger partial charge on any atom is 0.262 e. The van der Waals surface area contributed by atoms with Gasteiger partial charge in [-0.1, -0.05) is 6.92 Å². The van der Waals surface area contributed by atoms with E-state index in [0.717, 1.165) is 0 Å². The van der Waals surface area contributed by atoms with Crippen molar-refractivity contribution >= 4 is 17.6 Å². The number of nitrogens with two attached hydrogens (primary N) is 1. The maximum atomic E-state index is 11.6. The van der Waals surface area contributed by atoms with E-state index in [0.29, 0.717) is 6.42 Å². The summed E-state index contributed by atoms with van der Waals surface area (Å²) in [6.07, 6.45) is 0.597. The number of hydrogen-bond acceptors (Lipinski definition) is 3. The van der Waals surface area contributed by atoms with Crippen molar-refractivity contribution in [3.8, 4) is 0 Å². The van der Waals surface area contributed by atoms with Gasteiger partial charge >= 0.3 is 0 Å². The van der Waals surface area contributed by atoms with Gasteiger partial charge in [0.1, 0.15) is 11.3 Å². The summed E-state index contributed by atoms with van der Waals surface area (Å²) in [5.74, 6) is -0.520. The third-order valence-electron chi connectivity index (χ3n) is 2.82. The van der Waals surface area contributed by atoms with Crippen LogP contribution in [0.1, 0.15) is 34.1 Å². The predicted octanol–water partition coefficient (Wildman–Crippen LogP) is 0.195. The first-order chi connectivity index (χ1) is 6.71. The number of rotatable bonds is 2. The van der Waals surface area contributed by atoms with Crippen LogP contribution in [0.25, 0.3) is 0 Å². The van der Waals surface area contributed by atoms with Crippen LogP contribution in [-0.4, -0.2) is 23.2 Å². The monoisotopic (exact) mass is 211 g/mol. The summed E-state index contributed by atoms with van der Waals surface area (Å²) in [7, 11) is 0. The Labute approximate surface area is 89.1 Å². The van der Waals surface area contributed by atoms with Crippen LogP contribution < -0.4 is 11.1 Å². The van der Waals surface area contributed by atoms with Gasteiger partial charge in [0, 0.05) is 0 Å². The molecule has 84 valence electrons. The Morgan fingerprint density at radius 1 is 1.47 bits per heavy atom. The summed E-state index contributed by atoms with van der Waals surface area (Å²) in [5, 5.41) is 2.59. The zero-order valence-electron chi connectivity index (χ0n) is 9.55. The molecule has 0 saturated heterocycles. The average Bonchev–Trinajstić information content (AvgIpc) is 2.14. The van der Waals surface area contributed by atoms with Crippen LogP contribution in [0.2, 0.25) is 0 Å². The molecule has 0 aromatic carbocycles. The highest BCUT2D eigenvalue weighted by atomic mass is 16.2. The van der Waals surface area contributed by atoms with Gasteiger partial charge in [0.05, 0.1) is 5.54 Å². The number of nitrogens with zero attached hydrogens (tertiary/aromatic N) is 1. The van der Waals surface area contributed by atoms with Crippen molar-refractivity contribution in [2.75, 3.05) is 0 Å². The number of hydrogen-bond donors (Lipinski definition) is 2. The number of nitrogens with one attached hydrogen (secondary N) is 1. The molecule has 0 aromatic heterocycles. The van der Waals surface area contributed by atoms with Gasteiger partial charge in [-0.05, 0) is 27.2 Å². The Kier molecular flexibility index (Phi) is 2.69. The molecule has 0 bridgehead atoms. The largest absolute Gasteiger partial charge is 0.319 e. The van der Waals surface area contributed by atoms with Gasteiger partial charge in [0.15, 0.2) is 0 Å². The first kappa shape index (κ1) is 11.8. The topological polar surface area (TPSA) is 84.5 Å². The molecule has 1 heterocycles. The predicted molar refractivity (Wildman–Crippen MR) is 57.2 cm³/mol. The summed E-state index contributed by atoms with van der Waals surface area (Å²) in [6, 6.07) is 0. The third-order valence-corrected chi connectivity index (χ3v) is 2.82. The zero-order valence-corrected chi connectivity index (χ0v) is 9.55. The van der Waals surface area contributed by atoms with Crippen LogP contribution in [0.15, 0.2) is 4.99 Å². The molecular formula is C10H17N3O2. The van der Waals surface area contributed by atoms with Crippen LogP contribution in [-0.2, 0) is 9.59 Å². The van der Waals surface area contributed by atoms with E-state index in [-0.39, 0.29) is 11.7 Å². The minimum Gasteiger partial charge on any atom is -0.319 e. The molecule has 0 aliphatic carbocycles. The van der Waals surface area contributed by atoms with Crippen molar-refractivity contribution in [2.24, 2.45) is 16.1 Å². The van der Waals surface area contributed by atoms with Crippen molar-refractivity contribution in [1.29, 1.82) is 0 Å². The fraction of sp³-hybridized carbons (Fsp3) is 0.700. The Morgan fingerprint density at radius 2 is 2.00 bits per heavy atom. The molecule has 2 amide bonds. The van der Waals surface area contributed by atoms with Gasteiger partial charge in [-0.25, -0.2) is 0 Å². The highest BCUT2D eigenvalue weighted by molar-refractivity contribution is 6.20. The molecule has 0 spiro atoms. The second kappa shape index (κ2) is 3.41. The molecule has 0 radical (unpaired) electrons. The van der Waals surface area contributed by atoms with E-state index < -0.39 is 16.9 Å². The van der Waals surface area contributed by atoms with Gasteiger partial charge in [0.2, 0.25) is 5.91 Å². The number of amidine groups is 1. The SMILES string of the molecule is CCC(C)(N)C1=NC(=O)C(C)(C)C(=O)N1. The van der Waals surface area contributed by atoms with Crippen LogP contribution >= 0.6 is 0 Å². The highest BCUT2D eigenvalue weighted by Crippen LogP contribution is 2.22. The van der Waals surface area contributed by atoms with Crippen molar-refractivity contribution in [1.82, 2.24) is 5.32 Å². The minimum absolute atomic E-state index is 0.263. The molecule has 1 aliphatic heterocycles. The van der Waals surface area contributed by atoms with E-state index in [1.165, 1.54) is 0 Å². The van der Waals surface area contributed by atoms with Crippen LogP contribution in [0.3, 0.4) is 0 Å². The Bertz CT molecular complexity index is 343. The van der Waals surface area contributed by atoms with Crippen molar-refractivity contribution < 1.29 is 9.59 Å². The lowest BCUT2D eigenvalue weighted by Crippen LogP contribution is -2.59. The van der Waals surface area contributed by atoms with Gasteiger partial charge in [-0.3, -0.25) is 9.59 Å². The highest BCUT2D eigenvalue weighted by Gasteiger charge is 2.42. The normalized spacial score (nSPS) is 24.2. The van der Waals surface area contributed by atoms with E-state index in [9.17, 15) is 9.59 Å². The van der Waals surface area contributed by atoms with Gasteiger partial charge in [-0.2, -0.15) is 4.99 Å². The quantitative estimate of drug-likeness (QED) is 0.640. The van der Waals surface area contributed by atoms with Crippen molar-refractivity contribution in [2.45, 2.75) is 39.7 Å². The molecule has 0 fully saturated rings. The number of aliphatic imine (C=N–C) groups is 1. The lowest BCUT2D eigenvalue weighted by molar-refractivity contribution is -0.139. The molecular weight excluding hydrogens is 194 g/mol. The maximum absolute atomic E-state index is 11.6. The summed E-state index contributed by atoms with van der Waals surface area (Å²) in [6.45, 7) is 6.70. The molecule has 15 heavy (non-hydrogen) atoms. The van der Waals surface area contributed by atoms with E-state index in [2.05, 4.69) is 10.3 Å². The fourth-order valence-corrected chi connectivity index (χ4v) is 1.07. The first-order valence-electron chi connectivity index (χ1n) is 4.95. The van der Waals surface area contributed by atoms with E-state index in [4.69, 9.17) is 5.73 Å². The fourth-order valence-electron chi connectivity index (χ4n) is 1.07. The molecule has 1 unspecified atom stereocenters. The van der Waals surface area contributed by atoms with Crippen LogP contribution in [0.5, 0.6) is 0 Å². The van der Waals surface area contributed by atoms with Crippen LogP contribution in [0, 0.1) is 5.41 Å². The van der Waals surface area contributed by atoms with Gasteiger partial charge in [-0.15, -0.1) is 0 Å². The summed E-state index contributed by atoms with van der Waals surface area (Å²) < 4.78 is 0. The standard InChI is InChI=1S/C10H17N3O2/c1-5-10(4,11)6-12-7(14)9(2,3)8(15)13-6/h5,11H2,1-4H3,(H,12,13,14,15). The molecule has 5 nitrogen and oxygen atoms in total. The Morgan fingerprint density at radius 3 is 2.40 bits per heavy atom. The lowest BCUT2D eigenvalue weighted by atomic mass is 9.87. The molecule has 0 aromatic rings. The second-order valence-electron chi connectivity index (χ2n) is 4.62. The molecule has 1 rings (SSSR count). The second-order valence-corrected chi connectivity index (χ2v) is 4.62. The van der Waals surface area contributed by atoms with Gasteiger partial charge < -0.3 is 11.1 Å². The molecule has 1 aliphatic rings. The summed E-state index contributed by atoms with van der Waals surface area (Å²) >= 11 is 0. The summed E-state index contributed by atoms with van der Waals surface area (Å²) in [4.78, 5) is 27.1. The lowest BCUT2D eigenvalue weighted by Gasteiger charge is -2.32. The third kappa shape index (κ3) is 1.92.